The minimum absolute atomic E-state index is 0.311. The predicted octanol–water partition coefficient (Wildman–Crippen LogP) is 4.29. The second-order valence-electron chi connectivity index (χ2n) is 8.88. The van der Waals surface area contributed by atoms with Crippen LogP contribution in [0.1, 0.15) is 54.7 Å². The summed E-state index contributed by atoms with van der Waals surface area (Å²) in [5.74, 6) is 2.04. The van der Waals surface area contributed by atoms with Crippen LogP contribution < -0.4 is 10.2 Å². The first-order valence-corrected chi connectivity index (χ1v) is 11.5. The number of hydrogen-bond donors (Lipinski definition) is 1. The Balaban J connectivity index is 1.42. The van der Waals surface area contributed by atoms with Crippen molar-refractivity contribution < 1.29 is 4.79 Å². The molecule has 1 saturated heterocycles. The molecule has 4 rings (SSSR count). The zero-order valence-electron chi connectivity index (χ0n) is 19.0. The molecule has 2 heterocycles. The number of para-hydroxylation sites is 1. The number of fused-ring (bicyclic) bond motifs is 1. The van der Waals surface area contributed by atoms with Crippen molar-refractivity contribution in [1.29, 1.82) is 0 Å². The summed E-state index contributed by atoms with van der Waals surface area (Å²) in [4.78, 5) is 21.0. The molecule has 0 bridgehead atoms. The van der Waals surface area contributed by atoms with Gasteiger partial charge in [0.25, 0.3) is 0 Å². The Bertz CT molecular complexity index is 937. The molecule has 0 aromatic heterocycles. The average molecular weight is 419 g/mol. The molecule has 5 heteroatoms. The molecule has 2 atom stereocenters. The van der Waals surface area contributed by atoms with Crippen LogP contribution in [0.15, 0.2) is 53.5 Å². The Morgan fingerprint density at radius 3 is 2.68 bits per heavy atom. The van der Waals surface area contributed by atoms with Gasteiger partial charge in [-0.3, -0.25) is 9.79 Å². The van der Waals surface area contributed by atoms with Crippen molar-refractivity contribution in [2.45, 2.75) is 44.9 Å². The number of hydrogen-bond acceptors (Lipinski definition) is 2. The fraction of sp³-hybridized carbons (Fsp3) is 0.462. The zero-order chi connectivity index (χ0) is 21.8. The largest absolute Gasteiger partial charge is 0.355 e. The van der Waals surface area contributed by atoms with Crippen molar-refractivity contribution in [2.75, 3.05) is 38.1 Å². The van der Waals surface area contributed by atoms with Gasteiger partial charge in [-0.25, -0.2) is 0 Å². The van der Waals surface area contributed by atoms with Gasteiger partial charge >= 0.3 is 0 Å². The second-order valence-corrected chi connectivity index (χ2v) is 8.88. The van der Waals surface area contributed by atoms with Gasteiger partial charge in [-0.05, 0) is 42.9 Å². The number of nitrogens with one attached hydrogen (secondary N) is 1. The zero-order valence-corrected chi connectivity index (χ0v) is 19.0. The lowest BCUT2D eigenvalue weighted by Crippen LogP contribution is -2.42. The van der Waals surface area contributed by atoms with Gasteiger partial charge in [-0.2, -0.15) is 0 Å². The van der Waals surface area contributed by atoms with Crippen molar-refractivity contribution in [3.63, 3.8) is 0 Å². The summed E-state index contributed by atoms with van der Waals surface area (Å²) in [6.45, 7) is 7.87. The van der Waals surface area contributed by atoms with Gasteiger partial charge in [0, 0.05) is 51.3 Å². The molecule has 0 radical (unpaired) electrons. The minimum Gasteiger partial charge on any atom is -0.355 e. The number of likely N-dealkylation sites (tertiary alicyclic amines) is 1. The maximum Gasteiger partial charge on any atom is 0.222 e. The van der Waals surface area contributed by atoms with Crippen molar-refractivity contribution in [3.8, 4) is 0 Å². The number of amides is 1. The molecule has 2 aromatic rings. The summed E-state index contributed by atoms with van der Waals surface area (Å²) < 4.78 is 0. The number of carbonyl (C=O) groups excluding carboxylic acids is 1. The molecule has 2 unspecified atom stereocenters. The molecule has 0 saturated carbocycles. The summed E-state index contributed by atoms with van der Waals surface area (Å²) >= 11 is 0. The number of anilines is 1. The number of nitrogens with zero attached hydrogens (tertiary/aromatic N) is 3. The van der Waals surface area contributed by atoms with Crippen LogP contribution in [-0.4, -0.2) is 50.0 Å². The van der Waals surface area contributed by atoms with Gasteiger partial charge in [0.05, 0.1) is 0 Å². The Kier molecular flexibility index (Phi) is 6.59. The van der Waals surface area contributed by atoms with E-state index in [1.807, 2.05) is 11.9 Å². The third-order valence-corrected chi connectivity index (χ3v) is 6.67. The van der Waals surface area contributed by atoms with Crippen LogP contribution in [0.2, 0.25) is 0 Å². The van der Waals surface area contributed by atoms with Gasteiger partial charge < -0.3 is 15.1 Å². The van der Waals surface area contributed by atoms with Gasteiger partial charge in [0.1, 0.15) is 0 Å². The van der Waals surface area contributed by atoms with Crippen molar-refractivity contribution in [3.05, 3.63) is 65.2 Å². The summed E-state index contributed by atoms with van der Waals surface area (Å²) in [6, 6.07) is 17.4. The Hall–Kier alpha value is -2.82. The van der Waals surface area contributed by atoms with Gasteiger partial charge in [0.2, 0.25) is 5.91 Å². The van der Waals surface area contributed by atoms with Crippen molar-refractivity contribution >= 4 is 17.6 Å². The number of benzene rings is 2. The Morgan fingerprint density at radius 1 is 1.19 bits per heavy atom. The summed E-state index contributed by atoms with van der Waals surface area (Å²) in [7, 11) is 1.86. The highest BCUT2D eigenvalue weighted by Gasteiger charge is 2.32. The van der Waals surface area contributed by atoms with E-state index in [-0.39, 0.29) is 0 Å². The van der Waals surface area contributed by atoms with Crippen molar-refractivity contribution in [1.82, 2.24) is 10.2 Å². The predicted molar refractivity (Wildman–Crippen MR) is 128 cm³/mol. The van der Waals surface area contributed by atoms with Gasteiger partial charge in [-0.15, -0.1) is 0 Å². The molecule has 0 aliphatic carbocycles. The van der Waals surface area contributed by atoms with E-state index in [4.69, 9.17) is 0 Å². The van der Waals surface area contributed by atoms with E-state index in [1.165, 1.54) is 22.4 Å². The van der Waals surface area contributed by atoms with E-state index in [1.54, 1.807) is 0 Å². The Morgan fingerprint density at radius 2 is 1.97 bits per heavy atom. The van der Waals surface area contributed by atoms with Gasteiger partial charge in [-0.1, -0.05) is 55.0 Å². The van der Waals surface area contributed by atoms with E-state index in [0.29, 0.717) is 24.2 Å². The van der Waals surface area contributed by atoms with Gasteiger partial charge in [0.15, 0.2) is 5.96 Å². The maximum atomic E-state index is 12.0. The third kappa shape index (κ3) is 4.76. The molecule has 2 aromatic carbocycles. The topological polar surface area (TPSA) is 47.9 Å². The number of carbonyl (C=O) groups is 1. The molecular weight excluding hydrogens is 384 g/mol. The lowest BCUT2D eigenvalue weighted by molar-refractivity contribution is -0.127. The van der Waals surface area contributed by atoms with Crippen LogP contribution in [0.4, 0.5) is 5.69 Å². The molecule has 164 valence electrons. The molecule has 2 aliphatic rings. The normalized spacial score (nSPS) is 19.6. The molecule has 0 spiro atoms. The first-order chi connectivity index (χ1) is 15.1. The van der Waals surface area contributed by atoms with Crippen LogP contribution in [0.25, 0.3) is 0 Å². The molecule has 1 amide bonds. The number of aliphatic imine (C=N–C) groups is 1. The van der Waals surface area contributed by atoms with Crippen LogP contribution >= 0.6 is 0 Å². The SMILES string of the molecule is CN=C(NCC(C)c1ccc(C)cc1)N1CC(CCN2CCCC2=O)c2ccccc21. The molecule has 1 N–H and O–H groups in total. The standard InChI is InChI=1S/C26H34N4O/c1-19-10-12-21(13-11-19)20(2)17-28-26(27-3)30-18-22(23-7-4-5-8-24(23)30)14-16-29-15-6-9-25(29)31/h4-5,7-8,10-13,20,22H,6,9,14-18H2,1-3H3,(H,27,28). The van der Waals surface area contributed by atoms with Crippen LogP contribution in [-0.2, 0) is 4.79 Å². The quantitative estimate of drug-likeness (QED) is 0.562. The summed E-state index contributed by atoms with van der Waals surface area (Å²) in [5.41, 5.74) is 5.22. The molecule has 1 fully saturated rings. The fourth-order valence-electron chi connectivity index (χ4n) is 4.75. The second kappa shape index (κ2) is 9.54. The highest BCUT2D eigenvalue weighted by molar-refractivity contribution is 5.98. The molecular formula is C26H34N4O. The maximum absolute atomic E-state index is 12.0. The average Bonchev–Trinajstić information content (AvgIpc) is 3.36. The monoisotopic (exact) mass is 418 g/mol. The number of aryl methyl sites for hydroxylation is 1. The Labute approximate surface area is 186 Å². The van der Waals surface area contributed by atoms with E-state index < -0.39 is 0 Å². The van der Waals surface area contributed by atoms with E-state index in [9.17, 15) is 4.79 Å². The molecule has 2 aliphatic heterocycles. The lowest BCUT2D eigenvalue weighted by Gasteiger charge is -2.25. The van der Waals surface area contributed by atoms with Crippen LogP contribution in [0.3, 0.4) is 0 Å². The van der Waals surface area contributed by atoms with E-state index in [0.717, 1.165) is 45.0 Å². The van der Waals surface area contributed by atoms with Crippen LogP contribution in [0, 0.1) is 6.92 Å². The number of rotatable bonds is 6. The smallest absolute Gasteiger partial charge is 0.222 e. The first-order valence-electron chi connectivity index (χ1n) is 11.5. The minimum atomic E-state index is 0.311. The molecule has 5 nitrogen and oxygen atoms in total. The number of guanidine groups is 1. The first kappa shape index (κ1) is 21.4. The lowest BCUT2D eigenvalue weighted by atomic mass is 9.98. The highest BCUT2D eigenvalue weighted by Crippen LogP contribution is 2.38. The van der Waals surface area contributed by atoms with Crippen LogP contribution in [0.5, 0.6) is 0 Å². The summed E-state index contributed by atoms with van der Waals surface area (Å²) in [6.07, 6.45) is 2.71. The molecule has 31 heavy (non-hydrogen) atoms. The van der Waals surface area contributed by atoms with E-state index >= 15 is 0 Å². The highest BCUT2D eigenvalue weighted by atomic mass is 16.2. The third-order valence-electron chi connectivity index (χ3n) is 6.67. The summed E-state index contributed by atoms with van der Waals surface area (Å²) in [5, 5.41) is 3.60. The van der Waals surface area contributed by atoms with E-state index in [2.05, 4.69) is 77.6 Å². The fourth-order valence-corrected chi connectivity index (χ4v) is 4.75. The van der Waals surface area contributed by atoms with Crippen molar-refractivity contribution in [2.24, 2.45) is 4.99 Å².